The number of aromatic nitrogens is 3. The van der Waals surface area contributed by atoms with E-state index in [-0.39, 0.29) is 17.2 Å². The van der Waals surface area contributed by atoms with Gasteiger partial charge in [-0.25, -0.2) is 4.79 Å². The SMILES string of the molecule is CC(=NC1CCN(C(=O)OC(C)(C)C)CC1)/C(=N\N)c1cc(OC(CO[Si](C)(C)C(C)(C)C)c2ccccn2)c2c(Cl)c[nH][n+]2c1. The maximum absolute atomic E-state index is 12.5. The van der Waals surface area contributed by atoms with E-state index in [1.165, 1.54) is 0 Å². The smallest absolute Gasteiger partial charge is 0.410 e. The molecule has 46 heavy (non-hydrogen) atoms. The molecule has 3 aromatic heterocycles. The number of rotatable bonds is 9. The minimum Gasteiger partial charge on any atom is -0.475 e. The second kappa shape index (κ2) is 14.1. The Bertz CT molecular complexity index is 1570. The number of nitrogens with one attached hydrogen (secondary N) is 1. The third-order valence-corrected chi connectivity index (χ3v) is 13.3. The highest BCUT2D eigenvalue weighted by molar-refractivity contribution is 6.74. The van der Waals surface area contributed by atoms with Crippen LogP contribution in [0.1, 0.15) is 78.7 Å². The molecule has 1 amide bonds. The van der Waals surface area contributed by atoms with Crippen LogP contribution >= 0.6 is 11.6 Å². The zero-order chi connectivity index (χ0) is 33.9. The lowest BCUT2D eigenvalue weighted by Crippen LogP contribution is -2.42. The topological polar surface area (TPSA) is 132 Å². The van der Waals surface area contributed by atoms with Crippen LogP contribution in [0.2, 0.25) is 23.2 Å². The number of nitrogens with two attached hydrogens (primary N) is 1. The van der Waals surface area contributed by atoms with E-state index in [4.69, 9.17) is 36.3 Å². The van der Waals surface area contributed by atoms with Crippen LogP contribution in [0.25, 0.3) is 5.52 Å². The number of aliphatic imine (C=N–C) groups is 1. The van der Waals surface area contributed by atoms with Crippen molar-refractivity contribution < 1.29 is 23.2 Å². The fourth-order valence-corrected chi connectivity index (χ4v) is 6.17. The monoisotopic (exact) mass is 670 g/mol. The summed E-state index contributed by atoms with van der Waals surface area (Å²) in [5.74, 6) is 6.51. The van der Waals surface area contributed by atoms with Gasteiger partial charge in [0.25, 0.3) is 5.52 Å². The van der Waals surface area contributed by atoms with E-state index < -0.39 is 20.0 Å². The first-order chi connectivity index (χ1) is 21.5. The fraction of sp³-hybridized carbons (Fsp3) is 0.545. The summed E-state index contributed by atoms with van der Waals surface area (Å²) in [5, 5.41) is 7.85. The molecule has 4 heterocycles. The number of hydrogen-bond donors (Lipinski definition) is 2. The zero-order valence-corrected chi connectivity index (χ0v) is 30.3. The van der Waals surface area contributed by atoms with Gasteiger partial charge in [-0.05, 0) is 70.8 Å². The van der Waals surface area contributed by atoms with Crippen LogP contribution in [0.5, 0.6) is 5.75 Å². The number of likely N-dealkylation sites (tertiary alicyclic amines) is 1. The van der Waals surface area contributed by atoms with Gasteiger partial charge in [-0.1, -0.05) is 43.0 Å². The average molecular weight is 671 g/mol. The minimum atomic E-state index is -2.09. The molecule has 0 spiro atoms. The number of hydrazone groups is 1. The van der Waals surface area contributed by atoms with Crippen molar-refractivity contribution in [3.8, 4) is 5.75 Å². The molecular weight excluding hydrogens is 622 g/mol. The number of ether oxygens (including phenoxy) is 2. The highest BCUT2D eigenvalue weighted by Crippen LogP contribution is 2.38. The summed E-state index contributed by atoms with van der Waals surface area (Å²) in [5.41, 5.74) is 2.79. The number of pyridine rings is 2. The van der Waals surface area contributed by atoms with Crippen LogP contribution in [0, 0.1) is 0 Å². The summed E-state index contributed by atoms with van der Waals surface area (Å²) < 4.78 is 20.6. The molecule has 0 radical (unpaired) electrons. The van der Waals surface area contributed by atoms with E-state index >= 15 is 0 Å². The number of piperidine rings is 1. The van der Waals surface area contributed by atoms with Gasteiger partial charge < -0.3 is 24.6 Å². The van der Waals surface area contributed by atoms with Crippen LogP contribution in [-0.4, -0.2) is 72.2 Å². The number of halogens is 1. The Kier molecular flexibility index (Phi) is 10.8. The predicted octanol–water partition coefficient (Wildman–Crippen LogP) is 6.47. The predicted molar refractivity (Wildman–Crippen MR) is 184 cm³/mol. The Hall–Kier alpha value is -3.48. The summed E-state index contributed by atoms with van der Waals surface area (Å²) in [7, 11) is -2.09. The van der Waals surface area contributed by atoms with E-state index in [1.807, 2.05) is 58.2 Å². The van der Waals surface area contributed by atoms with E-state index in [2.05, 4.69) is 49.0 Å². The van der Waals surface area contributed by atoms with E-state index in [9.17, 15) is 4.79 Å². The second-order valence-electron chi connectivity index (χ2n) is 14.3. The molecule has 0 aliphatic carbocycles. The number of fused-ring (bicyclic) bond motifs is 1. The summed E-state index contributed by atoms with van der Waals surface area (Å²) in [4.78, 5) is 23.8. The van der Waals surface area contributed by atoms with Crippen molar-refractivity contribution in [3.63, 3.8) is 0 Å². The maximum atomic E-state index is 12.5. The van der Waals surface area contributed by atoms with Gasteiger partial charge in [-0.2, -0.15) is 10.2 Å². The van der Waals surface area contributed by atoms with Gasteiger partial charge in [0.15, 0.2) is 20.2 Å². The van der Waals surface area contributed by atoms with Crippen molar-refractivity contribution >= 4 is 43.0 Å². The van der Waals surface area contributed by atoms with Crippen LogP contribution in [0.4, 0.5) is 4.79 Å². The van der Waals surface area contributed by atoms with Crippen LogP contribution in [0.3, 0.4) is 0 Å². The Labute approximate surface area is 278 Å². The second-order valence-corrected chi connectivity index (χ2v) is 19.5. The van der Waals surface area contributed by atoms with E-state index in [0.29, 0.717) is 65.8 Å². The summed E-state index contributed by atoms with van der Waals surface area (Å²) >= 11 is 6.66. The molecule has 4 rings (SSSR count). The van der Waals surface area contributed by atoms with Crippen LogP contribution in [-0.2, 0) is 9.16 Å². The summed E-state index contributed by atoms with van der Waals surface area (Å²) in [6.07, 6.45) is 5.95. The number of carbonyl (C=O) groups is 1. The van der Waals surface area contributed by atoms with Crippen molar-refractivity contribution in [2.24, 2.45) is 15.9 Å². The first kappa shape index (κ1) is 35.4. The van der Waals surface area contributed by atoms with Crippen molar-refractivity contribution in [3.05, 3.63) is 59.1 Å². The minimum absolute atomic E-state index is 0.0171. The van der Waals surface area contributed by atoms with Gasteiger partial charge >= 0.3 is 6.09 Å². The first-order valence-electron chi connectivity index (χ1n) is 15.7. The van der Waals surface area contributed by atoms with Crippen LogP contribution < -0.4 is 15.1 Å². The number of nitrogens with zero attached hydrogens (tertiary/aromatic N) is 5. The number of amides is 1. The molecule has 250 valence electrons. The van der Waals surface area contributed by atoms with Crippen molar-refractivity contribution in [2.75, 3.05) is 19.7 Å². The Morgan fingerprint density at radius 2 is 1.91 bits per heavy atom. The number of carbonyl (C=O) groups excluding carboxylic acids is 1. The molecule has 1 aliphatic heterocycles. The first-order valence-corrected chi connectivity index (χ1v) is 19.0. The quantitative estimate of drug-likeness (QED) is 0.0882. The van der Waals surface area contributed by atoms with Gasteiger partial charge in [0.1, 0.15) is 16.3 Å². The largest absolute Gasteiger partial charge is 0.475 e. The molecule has 13 heteroatoms. The Morgan fingerprint density at radius 1 is 1.22 bits per heavy atom. The molecule has 11 nitrogen and oxygen atoms in total. The van der Waals surface area contributed by atoms with Gasteiger partial charge in [-0.15, -0.1) is 0 Å². The lowest BCUT2D eigenvalue weighted by Gasteiger charge is -2.37. The molecule has 1 unspecified atom stereocenters. The van der Waals surface area contributed by atoms with Crippen molar-refractivity contribution in [2.45, 2.75) is 97.2 Å². The molecule has 1 atom stereocenters. The molecule has 0 saturated carbocycles. The lowest BCUT2D eigenvalue weighted by molar-refractivity contribution is -0.577. The normalized spacial score (nSPS) is 16.5. The summed E-state index contributed by atoms with van der Waals surface area (Å²) in [6.45, 7) is 20.0. The Balaban J connectivity index is 1.61. The molecule has 0 bridgehead atoms. The number of aromatic amines is 1. The molecule has 1 fully saturated rings. The number of H-pyrrole nitrogens is 1. The van der Waals surface area contributed by atoms with Gasteiger partial charge in [0, 0.05) is 25.4 Å². The van der Waals surface area contributed by atoms with Gasteiger partial charge in [-0.3, -0.25) is 9.98 Å². The van der Waals surface area contributed by atoms with Crippen molar-refractivity contribution in [1.29, 1.82) is 0 Å². The fourth-order valence-electron chi connectivity index (χ4n) is 4.93. The Morgan fingerprint density at radius 3 is 2.50 bits per heavy atom. The third kappa shape index (κ3) is 8.65. The summed E-state index contributed by atoms with van der Waals surface area (Å²) in [6, 6.07) is 7.65. The third-order valence-electron chi connectivity index (χ3n) is 8.51. The maximum Gasteiger partial charge on any atom is 0.410 e. The number of hydrogen-bond acceptors (Lipinski definition) is 8. The van der Waals surface area contributed by atoms with Crippen molar-refractivity contribution in [1.82, 2.24) is 15.0 Å². The molecule has 3 N–H and O–H groups in total. The van der Waals surface area contributed by atoms with E-state index in [1.54, 1.807) is 21.8 Å². The van der Waals surface area contributed by atoms with Gasteiger partial charge in [0.2, 0.25) is 6.20 Å². The van der Waals surface area contributed by atoms with Gasteiger partial charge in [0.05, 0.1) is 35.8 Å². The molecule has 0 aromatic carbocycles. The molecule has 1 saturated heterocycles. The van der Waals surface area contributed by atoms with Crippen LogP contribution in [0.15, 0.2) is 52.9 Å². The van der Waals surface area contributed by atoms with E-state index in [0.717, 1.165) is 5.69 Å². The molecule has 3 aromatic rings. The highest BCUT2D eigenvalue weighted by Gasteiger charge is 2.38. The lowest BCUT2D eigenvalue weighted by atomic mass is 10.0. The molecule has 1 aliphatic rings. The zero-order valence-electron chi connectivity index (χ0n) is 28.6. The highest BCUT2D eigenvalue weighted by atomic mass is 35.5. The standard InChI is InChI=1S/C33H48ClN7O4Si/c1-22(38-24-13-16-40(17-14-24)31(42)45-32(2,3)4)29(39-35)23-18-27(30-25(34)19-37-41(30)20-23)44-28(26-12-10-11-15-36-26)21-43-46(8,9)33(5,6)7/h10-12,15,18-20,24,28H,13-14,16-17,21H2,1-9H3,(H2,35,38)/p+1. The average Bonchev–Trinajstić information content (AvgIpc) is 3.35. The molecular formula is C33H49ClN7O4Si+.